The molecule has 3 heterocycles. The third kappa shape index (κ3) is 4.23. The smallest absolute Gasteiger partial charge is 0.338 e. The van der Waals surface area contributed by atoms with Crippen LogP contribution in [0.15, 0.2) is 47.5 Å². The number of halogens is 1. The van der Waals surface area contributed by atoms with E-state index in [9.17, 15) is 14.0 Å². The summed E-state index contributed by atoms with van der Waals surface area (Å²) >= 11 is 1.62. The van der Waals surface area contributed by atoms with E-state index in [1.807, 2.05) is 42.7 Å². The van der Waals surface area contributed by atoms with Crippen molar-refractivity contribution in [2.24, 2.45) is 4.99 Å². The maximum absolute atomic E-state index is 14.3. The highest BCUT2D eigenvalue weighted by molar-refractivity contribution is 7.15. The fourth-order valence-corrected chi connectivity index (χ4v) is 5.67. The lowest BCUT2D eigenvalue weighted by atomic mass is 9.96. The van der Waals surface area contributed by atoms with Crippen molar-refractivity contribution >= 4 is 29.0 Å². The van der Waals surface area contributed by atoms with E-state index in [0.29, 0.717) is 17.2 Å². The molecule has 188 valence electrons. The van der Waals surface area contributed by atoms with Gasteiger partial charge in [0.1, 0.15) is 22.7 Å². The molecule has 0 amide bonds. The second-order valence-corrected chi connectivity index (χ2v) is 9.96. The molecule has 0 fully saturated rings. The number of carboxylic acids is 1. The Labute approximate surface area is 216 Å². The van der Waals surface area contributed by atoms with Crippen LogP contribution in [0.5, 0.6) is 0 Å². The molecule has 0 saturated carbocycles. The summed E-state index contributed by atoms with van der Waals surface area (Å²) < 4.78 is 21.2. The molecule has 1 atom stereocenters. The zero-order valence-electron chi connectivity index (χ0n) is 20.6. The second kappa shape index (κ2) is 9.36. The van der Waals surface area contributed by atoms with Gasteiger partial charge in [-0.05, 0) is 49.6 Å². The minimum Gasteiger partial charge on any atom is -0.478 e. The first-order chi connectivity index (χ1) is 17.7. The van der Waals surface area contributed by atoms with Crippen LogP contribution >= 0.6 is 11.3 Å². The number of carboxylic acid groups (broad SMARTS) is 1. The van der Waals surface area contributed by atoms with Crippen LogP contribution in [0, 0.1) is 26.6 Å². The van der Waals surface area contributed by atoms with Crippen LogP contribution in [0.3, 0.4) is 0 Å². The molecule has 37 heavy (non-hydrogen) atoms. The maximum Gasteiger partial charge on any atom is 0.338 e. The van der Waals surface area contributed by atoms with Crippen LogP contribution in [-0.2, 0) is 9.53 Å². The number of esters is 1. The predicted octanol–water partition coefficient (Wildman–Crippen LogP) is 5.21. The quantitative estimate of drug-likeness (QED) is 0.364. The zero-order valence-corrected chi connectivity index (χ0v) is 21.4. The first-order valence-corrected chi connectivity index (χ1v) is 12.3. The Morgan fingerprint density at radius 2 is 1.73 bits per heavy atom. The largest absolute Gasteiger partial charge is 0.478 e. The minimum absolute atomic E-state index is 0.0123. The van der Waals surface area contributed by atoms with E-state index in [2.05, 4.69) is 17.1 Å². The number of nitrogens with zero attached hydrogens (tertiary/aromatic N) is 4. The summed E-state index contributed by atoms with van der Waals surface area (Å²) in [7, 11) is 1.34. The van der Waals surface area contributed by atoms with Gasteiger partial charge in [-0.3, -0.25) is 14.4 Å². The molecule has 4 aromatic rings. The number of carbonyl (C=O) groups excluding carboxylic acids is 1. The summed E-state index contributed by atoms with van der Waals surface area (Å²) in [6.07, 6.45) is 0.0123. The van der Waals surface area contributed by atoms with Gasteiger partial charge in [0.15, 0.2) is 5.82 Å². The molecular formula is C27H23FN4O4S. The Hall–Kier alpha value is -4.18. The van der Waals surface area contributed by atoms with Gasteiger partial charge < -0.3 is 9.84 Å². The lowest BCUT2D eigenvalue weighted by Crippen LogP contribution is -2.12. The van der Waals surface area contributed by atoms with E-state index in [0.717, 1.165) is 37.8 Å². The van der Waals surface area contributed by atoms with Crippen molar-refractivity contribution < 1.29 is 23.8 Å². The van der Waals surface area contributed by atoms with Crippen LogP contribution in [0.1, 0.15) is 56.0 Å². The normalized spacial score (nSPS) is 14.4. The van der Waals surface area contributed by atoms with Crippen molar-refractivity contribution in [3.8, 4) is 16.1 Å². The first-order valence-electron chi connectivity index (χ1n) is 11.5. The number of aliphatic imine (C=N–C) groups is 1. The highest BCUT2D eigenvalue weighted by Crippen LogP contribution is 2.39. The van der Waals surface area contributed by atoms with Crippen molar-refractivity contribution in [3.05, 3.63) is 87.1 Å². The van der Waals surface area contributed by atoms with Gasteiger partial charge in [-0.2, -0.15) is 0 Å². The van der Waals surface area contributed by atoms with Gasteiger partial charge in [-0.15, -0.1) is 21.5 Å². The summed E-state index contributed by atoms with van der Waals surface area (Å²) in [6, 6.07) is 10.9. The highest BCUT2D eigenvalue weighted by atomic mass is 32.1. The average Bonchev–Trinajstić information content (AvgIpc) is 3.35. The number of hydrogen-bond donors (Lipinski definition) is 1. The van der Waals surface area contributed by atoms with Gasteiger partial charge in [0.2, 0.25) is 0 Å². The number of methoxy groups -OCH3 is 1. The Kier molecular flexibility index (Phi) is 6.20. The Bertz CT molecular complexity index is 1590. The fraction of sp³-hybridized carbons (Fsp3) is 0.222. The fourth-order valence-electron chi connectivity index (χ4n) is 4.45. The first kappa shape index (κ1) is 24.5. The predicted molar refractivity (Wildman–Crippen MR) is 137 cm³/mol. The summed E-state index contributed by atoms with van der Waals surface area (Å²) in [5.41, 5.74) is 4.48. The SMILES string of the molecule is COC(=O)C[C@@H]1N=C(c2ccc(-c3ccc(C(=O)O)c(F)c3)cc2)c2c(sc(C)c2C)-n2c(C)nnc21. The molecule has 10 heteroatoms. The van der Waals surface area contributed by atoms with Gasteiger partial charge in [0, 0.05) is 16.0 Å². The third-order valence-electron chi connectivity index (χ3n) is 6.52. The number of aromatic carboxylic acids is 1. The molecule has 0 bridgehead atoms. The van der Waals surface area contributed by atoms with Crippen molar-refractivity contribution in [2.45, 2.75) is 33.2 Å². The molecular weight excluding hydrogens is 495 g/mol. The van der Waals surface area contributed by atoms with Gasteiger partial charge in [-0.25, -0.2) is 9.18 Å². The Balaban J connectivity index is 1.63. The summed E-state index contributed by atoms with van der Waals surface area (Å²) in [5, 5.41) is 18.7. The summed E-state index contributed by atoms with van der Waals surface area (Å²) in [6.45, 7) is 5.96. The minimum atomic E-state index is -1.31. The molecule has 1 N–H and O–H groups in total. The number of aryl methyl sites for hydroxylation is 2. The van der Waals surface area contributed by atoms with Gasteiger partial charge in [0.05, 0.1) is 24.8 Å². The van der Waals surface area contributed by atoms with Crippen LogP contribution in [-0.4, -0.2) is 44.6 Å². The van der Waals surface area contributed by atoms with Crippen molar-refractivity contribution in [1.82, 2.24) is 14.8 Å². The summed E-state index contributed by atoms with van der Waals surface area (Å²) in [4.78, 5) is 29.6. The number of ether oxygens (including phenoxy) is 1. The van der Waals surface area contributed by atoms with Gasteiger partial charge >= 0.3 is 11.9 Å². The number of carbonyl (C=O) groups is 2. The highest BCUT2D eigenvalue weighted by Gasteiger charge is 2.32. The molecule has 2 aromatic carbocycles. The average molecular weight is 519 g/mol. The van der Waals surface area contributed by atoms with E-state index in [1.54, 1.807) is 17.4 Å². The van der Waals surface area contributed by atoms with Crippen LogP contribution < -0.4 is 0 Å². The molecule has 5 rings (SSSR count). The van der Waals surface area contributed by atoms with E-state index < -0.39 is 23.8 Å². The number of hydrogen-bond acceptors (Lipinski definition) is 7. The molecule has 0 unspecified atom stereocenters. The monoisotopic (exact) mass is 518 g/mol. The number of aromatic nitrogens is 3. The molecule has 0 spiro atoms. The topological polar surface area (TPSA) is 107 Å². The van der Waals surface area contributed by atoms with E-state index in [4.69, 9.17) is 14.8 Å². The molecule has 1 aliphatic rings. The standard InChI is InChI=1S/C27H23FN4O4S/c1-13-14(2)37-26-23(13)24(29-21(12-22(33)36-4)25-31-30-15(3)32(25)26)17-7-5-16(6-8-17)18-9-10-19(27(34)35)20(28)11-18/h5-11,21H,12H2,1-4H3,(H,34,35)/t21-/m0/s1. The second-order valence-electron chi connectivity index (χ2n) is 8.76. The van der Waals surface area contributed by atoms with E-state index >= 15 is 0 Å². The van der Waals surface area contributed by atoms with Crippen molar-refractivity contribution in [1.29, 1.82) is 0 Å². The molecule has 0 radical (unpaired) electrons. The maximum atomic E-state index is 14.3. The molecule has 2 aromatic heterocycles. The number of fused-ring (bicyclic) bond motifs is 3. The van der Waals surface area contributed by atoms with Crippen molar-refractivity contribution in [2.75, 3.05) is 7.11 Å². The van der Waals surface area contributed by atoms with Gasteiger partial charge in [0.25, 0.3) is 0 Å². The number of rotatable bonds is 5. The Morgan fingerprint density at radius 3 is 2.38 bits per heavy atom. The lowest BCUT2D eigenvalue weighted by molar-refractivity contribution is -0.141. The number of benzene rings is 2. The number of thiophene rings is 1. The van der Waals surface area contributed by atoms with Gasteiger partial charge in [-0.1, -0.05) is 30.3 Å². The van der Waals surface area contributed by atoms with E-state index in [1.165, 1.54) is 19.2 Å². The third-order valence-corrected chi connectivity index (χ3v) is 7.71. The molecule has 0 saturated heterocycles. The molecule has 0 aliphatic carbocycles. The van der Waals surface area contributed by atoms with Crippen molar-refractivity contribution in [3.63, 3.8) is 0 Å². The summed E-state index contributed by atoms with van der Waals surface area (Å²) in [5.74, 6) is -1.23. The van der Waals surface area contributed by atoms with Crippen LogP contribution in [0.2, 0.25) is 0 Å². The van der Waals surface area contributed by atoms with Crippen LogP contribution in [0.4, 0.5) is 4.39 Å². The zero-order chi connectivity index (χ0) is 26.4. The van der Waals surface area contributed by atoms with E-state index in [-0.39, 0.29) is 12.0 Å². The van der Waals surface area contributed by atoms with Crippen LogP contribution in [0.25, 0.3) is 16.1 Å². The Morgan fingerprint density at radius 1 is 1.05 bits per heavy atom. The molecule has 8 nitrogen and oxygen atoms in total. The lowest BCUT2D eigenvalue weighted by Gasteiger charge is -2.12. The molecule has 1 aliphatic heterocycles.